The normalized spacial score (nSPS) is 12.5. The Bertz CT molecular complexity index is 1240. The fourth-order valence-electron chi connectivity index (χ4n) is 4.51. The number of carbonyl (C=O) groups is 4. The summed E-state index contributed by atoms with van der Waals surface area (Å²) in [5.41, 5.74) is 6.05. The van der Waals surface area contributed by atoms with Gasteiger partial charge in [0.1, 0.15) is 29.2 Å². The number of hydrogen-bond acceptors (Lipinski definition) is 7. The number of amides is 4. The Morgan fingerprint density at radius 2 is 1.65 bits per heavy atom. The van der Waals surface area contributed by atoms with Crippen LogP contribution in [0.1, 0.15) is 83.4 Å². The summed E-state index contributed by atoms with van der Waals surface area (Å²) in [5, 5.41) is 15.5. The molecule has 2 aromatic rings. The van der Waals surface area contributed by atoms with E-state index in [0.717, 1.165) is 25.7 Å². The van der Waals surface area contributed by atoms with Crippen molar-refractivity contribution >= 4 is 29.5 Å². The fourth-order valence-corrected chi connectivity index (χ4v) is 4.51. The molecule has 0 radical (unpaired) electrons. The smallest absolute Gasteiger partial charge is 0.408 e. The maximum atomic E-state index is 14.2. The van der Waals surface area contributed by atoms with E-state index in [1.54, 1.807) is 64.1 Å². The van der Waals surface area contributed by atoms with Crippen LogP contribution in [0, 0.1) is 6.92 Å². The van der Waals surface area contributed by atoms with Crippen LogP contribution in [0.5, 0.6) is 11.5 Å². The number of unbranched alkanes of at least 4 members (excludes halogenated alkanes) is 4. The van der Waals surface area contributed by atoms with Gasteiger partial charge in [-0.2, -0.15) is 0 Å². The van der Waals surface area contributed by atoms with Crippen LogP contribution in [-0.2, 0) is 19.1 Å². The first-order chi connectivity index (χ1) is 20.2. The molecule has 0 aliphatic carbocycles. The zero-order chi connectivity index (χ0) is 32.2. The lowest BCUT2D eigenvalue weighted by molar-refractivity contribution is -0.142. The molecule has 0 saturated carbocycles. The number of benzene rings is 2. The van der Waals surface area contributed by atoms with Gasteiger partial charge >= 0.3 is 6.09 Å². The topological polar surface area (TPSA) is 160 Å². The Hall–Kier alpha value is -4.28. The number of nitrogens with one attached hydrogen (secondary N) is 2. The molecule has 4 amide bonds. The summed E-state index contributed by atoms with van der Waals surface area (Å²) >= 11 is 0. The summed E-state index contributed by atoms with van der Waals surface area (Å²) in [4.78, 5) is 54.3. The monoisotopic (exact) mass is 598 g/mol. The number of aryl methyl sites for hydroxylation is 1. The van der Waals surface area contributed by atoms with Crippen molar-refractivity contribution in [3.8, 4) is 11.5 Å². The molecule has 2 aromatic carbocycles. The molecule has 0 aliphatic heterocycles. The summed E-state index contributed by atoms with van der Waals surface area (Å²) < 4.78 is 10.5. The molecule has 2 rings (SSSR count). The lowest BCUT2D eigenvalue weighted by Gasteiger charge is -2.34. The van der Waals surface area contributed by atoms with E-state index < -0.39 is 47.9 Å². The van der Waals surface area contributed by atoms with Crippen molar-refractivity contribution in [3.63, 3.8) is 0 Å². The Kier molecular flexibility index (Phi) is 13.3. The summed E-state index contributed by atoms with van der Waals surface area (Å²) in [6.07, 6.45) is 2.99. The Labute approximate surface area is 254 Å². The van der Waals surface area contributed by atoms with Crippen molar-refractivity contribution < 1.29 is 33.8 Å². The van der Waals surface area contributed by atoms with Crippen LogP contribution >= 0.6 is 0 Å². The highest BCUT2D eigenvalue weighted by molar-refractivity contribution is 5.99. The predicted molar refractivity (Wildman–Crippen MR) is 165 cm³/mol. The first kappa shape index (κ1) is 34.9. The summed E-state index contributed by atoms with van der Waals surface area (Å²) in [5.74, 6) is -1.35. The number of carbonyl (C=O) groups excluding carboxylic acids is 4. The second-order valence-corrected chi connectivity index (χ2v) is 11.5. The van der Waals surface area contributed by atoms with Crippen molar-refractivity contribution in [3.05, 3.63) is 53.6 Å². The van der Waals surface area contributed by atoms with E-state index in [1.807, 2.05) is 0 Å². The van der Waals surface area contributed by atoms with Gasteiger partial charge in [-0.25, -0.2) is 4.79 Å². The number of ether oxygens (including phenoxy) is 2. The first-order valence-electron chi connectivity index (χ1n) is 14.6. The highest BCUT2D eigenvalue weighted by Gasteiger charge is 2.37. The third-order valence-electron chi connectivity index (χ3n) is 6.63. The van der Waals surface area contributed by atoms with E-state index in [4.69, 9.17) is 15.2 Å². The molecule has 0 aliphatic rings. The molecule has 0 bridgehead atoms. The molecular weight excluding hydrogens is 552 g/mol. The van der Waals surface area contributed by atoms with Crippen LogP contribution in [0.2, 0.25) is 0 Å². The standard InChI is InChI=1S/C32H46N4O7/c1-7-8-9-10-11-18-36(30(40)25(20-27(33)38)35-31(41)43-32(3,4)5)28(22-12-17-26(37)21(2)19-22)29(39)34-23-13-15-24(42-6)16-14-23/h12-17,19,25,28,37H,7-11,18,20H2,1-6H3,(H2,33,38)(H,34,39)(H,35,41). The maximum absolute atomic E-state index is 14.2. The average Bonchev–Trinajstić information content (AvgIpc) is 2.92. The van der Waals surface area contributed by atoms with Crippen molar-refractivity contribution in [1.82, 2.24) is 10.2 Å². The Morgan fingerprint density at radius 3 is 2.21 bits per heavy atom. The summed E-state index contributed by atoms with van der Waals surface area (Å²) in [6, 6.07) is 8.85. The van der Waals surface area contributed by atoms with E-state index in [9.17, 15) is 24.3 Å². The van der Waals surface area contributed by atoms with Gasteiger partial charge in [-0.05, 0) is 81.6 Å². The fraction of sp³-hybridized carbons (Fsp3) is 0.500. The van der Waals surface area contributed by atoms with Crippen LogP contribution < -0.4 is 21.1 Å². The predicted octanol–water partition coefficient (Wildman–Crippen LogP) is 4.96. The van der Waals surface area contributed by atoms with E-state index in [0.29, 0.717) is 29.0 Å². The average molecular weight is 599 g/mol. The quantitative estimate of drug-likeness (QED) is 0.211. The minimum absolute atomic E-state index is 0.0358. The van der Waals surface area contributed by atoms with Crippen LogP contribution in [0.15, 0.2) is 42.5 Å². The number of methoxy groups -OCH3 is 1. The number of phenolic OH excluding ortho intramolecular Hbond substituents is 1. The van der Waals surface area contributed by atoms with Crippen molar-refractivity contribution in [2.45, 2.75) is 90.8 Å². The van der Waals surface area contributed by atoms with Crippen molar-refractivity contribution in [2.75, 3.05) is 19.0 Å². The van der Waals surface area contributed by atoms with Gasteiger partial charge in [-0.1, -0.05) is 38.7 Å². The molecule has 2 atom stereocenters. The van der Waals surface area contributed by atoms with Crippen molar-refractivity contribution in [1.29, 1.82) is 0 Å². The molecule has 236 valence electrons. The van der Waals surface area contributed by atoms with Crippen LogP contribution in [0.4, 0.5) is 10.5 Å². The largest absolute Gasteiger partial charge is 0.508 e. The number of anilines is 1. The Balaban J connectivity index is 2.57. The molecule has 2 unspecified atom stereocenters. The molecule has 0 aromatic heterocycles. The molecule has 0 spiro atoms. The molecule has 0 fully saturated rings. The SMILES string of the molecule is CCCCCCCN(C(=O)C(CC(N)=O)NC(=O)OC(C)(C)C)C(C(=O)Nc1ccc(OC)cc1)c1ccc(O)c(C)c1. The second kappa shape index (κ2) is 16.4. The third kappa shape index (κ3) is 11.5. The highest BCUT2D eigenvalue weighted by atomic mass is 16.6. The highest BCUT2D eigenvalue weighted by Crippen LogP contribution is 2.29. The minimum Gasteiger partial charge on any atom is -0.508 e. The zero-order valence-corrected chi connectivity index (χ0v) is 26.1. The van der Waals surface area contributed by atoms with E-state index in [1.165, 1.54) is 18.1 Å². The van der Waals surface area contributed by atoms with Gasteiger partial charge in [0, 0.05) is 12.2 Å². The number of rotatable bonds is 15. The summed E-state index contributed by atoms with van der Waals surface area (Å²) in [6.45, 7) is 8.97. The van der Waals surface area contributed by atoms with Crippen LogP contribution in [-0.4, -0.2) is 59.1 Å². The second-order valence-electron chi connectivity index (χ2n) is 11.5. The van der Waals surface area contributed by atoms with Gasteiger partial charge in [0.25, 0.3) is 5.91 Å². The first-order valence-corrected chi connectivity index (χ1v) is 14.6. The van der Waals surface area contributed by atoms with Gasteiger partial charge < -0.3 is 35.8 Å². The van der Waals surface area contributed by atoms with E-state index in [2.05, 4.69) is 17.6 Å². The van der Waals surface area contributed by atoms with Gasteiger partial charge in [0.05, 0.1) is 13.5 Å². The van der Waals surface area contributed by atoms with Crippen LogP contribution in [0.3, 0.4) is 0 Å². The lowest BCUT2D eigenvalue weighted by Crippen LogP contribution is -2.53. The molecule has 43 heavy (non-hydrogen) atoms. The number of hydrogen-bond donors (Lipinski definition) is 4. The number of nitrogens with two attached hydrogens (primary N) is 1. The number of nitrogens with zero attached hydrogens (tertiary/aromatic N) is 1. The number of phenols is 1. The van der Waals surface area contributed by atoms with E-state index >= 15 is 0 Å². The number of alkyl carbamates (subject to hydrolysis) is 1. The molecule has 0 heterocycles. The third-order valence-corrected chi connectivity index (χ3v) is 6.63. The van der Waals surface area contributed by atoms with Gasteiger partial charge in [-0.15, -0.1) is 0 Å². The molecule has 11 heteroatoms. The lowest BCUT2D eigenvalue weighted by atomic mass is 9.99. The molecule has 5 N–H and O–H groups in total. The van der Waals surface area contributed by atoms with E-state index in [-0.39, 0.29) is 12.3 Å². The molecular formula is C32H46N4O7. The van der Waals surface area contributed by atoms with Gasteiger partial charge in [-0.3, -0.25) is 14.4 Å². The minimum atomic E-state index is -1.38. The van der Waals surface area contributed by atoms with Gasteiger partial charge in [0.2, 0.25) is 11.8 Å². The van der Waals surface area contributed by atoms with Crippen LogP contribution in [0.25, 0.3) is 0 Å². The number of primary amides is 1. The van der Waals surface area contributed by atoms with Crippen molar-refractivity contribution in [2.24, 2.45) is 5.73 Å². The summed E-state index contributed by atoms with van der Waals surface area (Å²) in [7, 11) is 1.54. The zero-order valence-electron chi connectivity index (χ0n) is 26.1. The Morgan fingerprint density at radius 1 is 1.00 bits per heavy atom. The van der Waals surface area contributed by atoms with Gasteiger partial charge in [0.15, 0.2) is 0 Å². The maximum Gasteiger partial charge on any atom is 0.408 e. The molecule has 0 saturated heterocycles. The molecule has 11 nitrogen and oxygen atoms in total. The number of aromatic hydroxyl groups is 1.